The van der Waals surface area contributed by atoms with Gasteiger partial charge in [-0.3, -0.25) is 0 Å². The zero-order valence-corrected chi connectivity index (χ0v) is 9.91. The van der Waals surface area contributed by atoms with Gasteiger partial charge in [-0.15, -0.1) is 0 Å². The van der Waals surface area contributed by atoms with Crippen molar-refractivity contribution in [2.45, 2.75) is 19.1 Å². The molecule has 16 heavy (non-hydrogen) atoms. The second kappa shape index (κ2) is 5.30. The van der Waals surface area contributed by atoms with Crippen LogP contribution in [0.3, 0.4) is 0 Å². The van der Waals surface area contributed by atoms with Gasteiger partial charge in [0.1, 0.15) is 5.76 Å². The molecule has 0 radical (unpaired) electrons. The smallest absolute Gasteiger partial charge is 0.120 e. The van der Waals surface area contributed by atoms with Gasteiger partial charge in [0, 0.05) is 6.54 Å². The van der Waals surface area contributed by atoms with Gasteiger partial charge in [0.05, 0.1) is 18.4 Å². The summed E-state index contributed by atoms with van der Waals surface area (Å²) in [6, 6.07) is 5.84. The maximum Gasteiger partial charge on any atom is 0.120 e. The van der Waals surface area contributed by atoms with Crippen molar-refractivity contribution < 1.29 is 9.52 Å². The molecule has 0 aliphatic rings. The highest BCUT2D eigenvalue weighted by Crippen LogP contribution is 2.17. The van der Waals surface area contributed by atoms with Crippen molar-refractivity contribution >= 4 is 11.3 Å². The van der Waals surface area contributed by atoms with Crippen LogP contribution in [0.1, 0.15) is 30.4 Å². The van der Waals surface area contributed by atoms with E-state index in [-0.39, 0.29) is 6.04 Å². The minimum atomic E-state index is -0.455. The van der Waals surface area contributed by atoms with Crippen LogP contribution in [-0.4, -0.2) is 11.7 Å². The average Bonchev–Trinajstić information content (AvgIpc) is 2.95. The number of thiophene rings is 1. The van der Waals surface area contributed by atoms with Gasteiger partial charge in [0.15, 0.2) is 0 Å². The second-order valence-corrected chi connectivity index (χ2v) is 4.50. The van der Waals surface area contributed by atoms with Crippen LogP contribution in [0.15, 0.2) is 39.6 Å². The molecule has 4 heteroatoms. The van der Waals surface area contributed by atoms with Gasteiger partial charge in [0.2, 0.25) is 0 Å². The van der Waals surface area contributed by atoms with Crippen molar-refractivity contribution in [3.8, 4) is 0 Å². The Bertz CT molecular complexity index is 356. The summed E-state index contributed by atoms with van der Waals surface area (Å²) < 4.78 is 5.28. The zero-order valence-electron chi connectivity index (χ0n) is 9.09. The van der Waals surface area contributed by atoms with Crippen molar-refractivity contribution in [1.29, 1.82) is 0 Å². The molecule has 2 atom stereocenters. The number of rotatable bonds is 5. The molecule has 2 aromatic rings. The van der Waals surface area contributed by atoms with Crippen molar-refractivity contribution in [2.75, 3.05) is 6.54 Å². The molecular weight excluding hydrogens is 222 g/mol. The van der Waals surface area contributed by atoms with Gasteiger partial charge < -0.3 is 14.8 Å². The Balaban J connectivity index is 1.84. The first-order valence-electron chi connectivity index (χ1n) is 5.24. The summed E-state index contributed by atoms with van der Waals surface area (Å²) in [6.45, 7) is 2.54. The lowest BCUT2D eigenvalue weighted by Crippen LogP contribution is -2.24. The van der Waals surface area contributed by atoms with Crippen LogP contribution < -0.4 is 5.32 Å². The highest BCUT2D eigenvalue weighted by molar-refractivity contribution is 7.07. The molecule has 0 aliphatic heterocycles. The van der Waals surface area contributed by atoms with E-state index in [1.807, 2.05) is 35.9 Å². The van der Waals surface area contributed by atoms with Crippen molar-refractivity contribution in [3.05, 3.63) is 46.5 Å². The van der Waals surface area contributed by atoms with Crippen LogP contribution in [-0.2, 0) is 0 Å². The first-order valence-corrected chi connectivity index (χ1v) is 6.18. The quantitative estimate of drug-likeness (QED) is 0.840. The number of nitrogens with one attached hydrogen (secondary N) is 1. The SMILES string of the molecule is CC(NCC(O)c1ccsc1)c1ccco1. The molecule has 0 aromatic carbocycles. The predicted octanol–water partition coefficient (Wildman–Crippen LogP) is 2.73. The standard InChI is InChI=1S/C12H15NO2S/c1-9(12-3-2-5-15-12)13-7-11(14)10-4-6-16-8-10/h2-6,8-9,11,13-14H,7H2,1H3. The topological polar surface area (TPSA) is 45.4 Å². The molecule has 2 N–H and O–H groups in total. The summed E-state index contributed by atoms with van der Waals surface area (Å²) in [7, 11) is 0. The third kappa shape index (κ3) is 2.72. The predicted molar refractivity (Wildman–Crippen MR) is 64.4 cm³/mol. The molecule has 2 aromatic heterocycles. The van der Waals surface area contributed by atoms with Crippen molar-refractivity contribution in [3.63, 3.8) is 0 Å². The van der Waals surface area contributed by atoms with Gasteiger partial charge in [-0.05, 0) is 41.4 Å². The molecular formula is C12H15NO2S. The van der Waals surface area contributed by atoms with E-state index in [2.05, 4.69) is 5.32 Å². The summed E-state index contributed by atoms with van der Waals surface area (Å²) in [5, 5.41) is 17.0. The van der Waals surface area contributed by atoms with Crippen LogP contribution in [0.2, 0.25) is 0 Å². The summed E-state index contributed by atoms with van der Waals surface area (Å²) in [4.78, 5) is 0. The Morgan fingerprint density at radius 2 is 2.38 bits per heavy atom. The Morgan fingerprint density at radius 1 is 1.50 bits per heavy atom. The monoisotopic (exact) mass is 237 g/mol. The van der Waals surface area contributed by atoms with Gasteiger partial charge in [0.25, 0.3) is 0 Å². The summed E-state index contributed by atoms with van der Waals surface area (Å²) in [6.07, 6.45) is 1.20. The number of aliphatic hydroxyl groups excluding tert-OH is 1. The number of aliphatic hydroxyl groups is 1. The molecule has 86 valence electrons. The first-order chi connectivity index (χ1) is 7.77. The Labute approximate surface area is 98.7 Å². The van der Waals surface area contributed by atoms with Crippen LogP contribution in [0, 0.1) is 0 Å². The van der Waals surface area contributed by atoms with E-state index in [1.54, 1.807) is 17.6 Å². The Morgan fingerprint density at radius 3 is 3.00 bits per heavy atom. The van der Waals surface area contributed by atoms with E-state index >= 15 is 0 Å². The molecule has 0 amide bonds. The first kappa shape index (κ1) is 11.4. The number of hydrogen-bond acceptors (Lipinski definition) is 4. The Kier molecular flexibility index (Phi) is 3.77. The van der Waals surface area contributed by atoms with Crippen LogP contribution >= 0.6 is 11.3 Å². The molecule has 0 fully saturated rings. The van der Waals surface area contributed by atoms with E-state index < -0.39 is 6.10 Å². The van der Waals surface area contributed by atoms with E-state index in [4.69, 9.17) is 4.42 Å². The van der Waals surface area contributed by atoms with Crippen LogP contribution in [0.25, 0.3) is 0 Å². The largest absolute Gasteiger partial charge is 0.468 e. The molecule has 2 heterocycles. The fourth-order valence-corrected chi connectivity index (χ4v) is 2.22. The van der Waals surface area contributed by atoms with Crippen LogP contribution in [0.4, 0.5) is 0 Å². The average molecular weight is 237 g/mol. The lowest BCUT2D eigenvalue weighted by Gasteiger charge is -2.14. The molecule has 2 unspecified atom stereocenters. The minimum Gasteiger partial charge on any atom is -0.468 e. The third-order valence-corrected chi connectivity index (χ3v) is 3.22. The fraction of sp³-hybridized carbons (Fsp3) is 0.333. The van der Waals surface area contributed by atoms with Crippen LogP contribution in [0.5, 0.6) is 0 Å². The normalized spacial score (nSPS) is 14.9. The number of hydrogen-bond donors (Lipinski definition) is 2. The van der Waals surface area contributed by atoms with Gasteiger partial charge in [-0.2, -0.15) is 11.3 Å². The Hall–Kier alpha value is -1.10. The lowest BCUT2D eigenvalue weighted by atomic mass is 10.2. The molecule has 0 saturated heterocycles. The summed E-state index contributed by atoms with van der Waals surface area (Å²) >= 11 is 1.59. The van der Waals surface area contributed by atoms with Crippen molar-refractivity contribution in [1.82, 2.24) is 5.32 Å². The molecule has 2 rings (SSSR count). The molecule has 0 aliphatic carbocycles. The zero-order chi connectivity index (χ0) is 11.4. The molecule has 0 spiro atoms. The minimum absolute atomic E-state index is 0.114. The van der Waals surface area contributed by atoms with E-state index in [1.165, 1.54) is 0 Å². The van der Waals surface area contributed by atoms with Crippen molar-refractivity contribution in [2.24, 2.45) is 0 Å². The fourth-order valence-electron chi connectivity index (χ4n) is 1.51. The number of furan rings is 1. The van der Waals surface area contributed by atoms with E-state index in [9.17, 15) is 5.11 Å². The second-order valence-electron chi connectivity index (χ2n) is 3.72. The third-order valence-electron chi connectivity index (χ3n) is 2.52. The maximum atomic E-state index is 9.87. The summed E-state index contributed by atoms with van der Waals surface area (Å²) in [5.74, 6) is 0.887. The highest BCUT2D eigenvalue weighted by atomic mass is 32.1. The van der Waals surface area contributed by atoms with E-state index in [0.29, 0.717) is 6.54 Å². The molecule has 0 saturated carbocycles. The maximum absolute atomic E-state index is 9.87. The lowest BCUT2D eigenvalue weighted by molar-refractivity contribution is 0.169. The summed E-state index contributed by atoms with van der Waals surface area (Å²) in [5.41, 5.74) is 0.962. The van der Waals surface area contributed by atoms with Gasteiger partial charge in [-0.1, -0.05) is 0 Å². The van der Waals surface area contributed by atoms with Gasteiger partial charge >= 0.3 is 0 Å². The molecule has 0 bridgehead atoms. The molecule has 3 nitrogen and oxygen atoms in total. The highest BCUT2D eigenvalue weighted by Gasteiger charge is 2.12. The van der Waals surface area contributed by atoms with E-state index in [0.717, 1.165) is 11.3 Å². The van der Waals surface area contributed by atoms with Gasteiger partial charge in [-0.25, -0.2) is 0 Å².